The van der Waals surface area contributed by atoms with E-state index < -0.39 is 0 Å². The molecule has 0 unspecified atom stereocenters. The maximum absolute atomic E-state index is 12.2. The Morgan fingerprint density at radius 3 is 3.10 bits per heavy atom. The molecule has 3 rings (SSSR count). The molecule has 7 heteroatoms. The number of benzene rings is 1. The summed E-state index contributed by atoms with van der Waals surface area (Å²) >= 11 is 6.03. The van der Waals surface area contributed by atoms with Gasteiger partial charge in [-0.15, -0.1) is 0 Å². The molecule has 1 aliphatic rings. The molecule has 0 saturated heterocycles. The highest BCUT2D eigenvalue weighted by atomic mass is 35.5. The van der Waals surface area contributed by atoms with E-state index in [2.05, 4.69) is 10.3 Å². The smallest absolute Gasteiger partial charge is 0.275 e. The van der Waals surface area contributed by atoms with Gasteiger partial charge in [-0.1, -0.05) is 11.6 Å². The van der Waals surface area contributed by atoms with Crippen molar-refractivity contribution in [1.82, 2.24) is 9.55 Å². The summed E-state index contributed by atoms with van der Waals surface area (Å²) in [5.74, 6) is 1.04. The van der Waals surface area contributed by atoms with Crippen LogP contribution in [0.5, 0.6) is 5.75 Å². The maximum Gasteiger partial charge on any atom is 0.275 e. The predicted molar refractivity (Wildman–Crippen MR) is 77.8 cm³/mol. The molecule has 0 aliphatic carbocycles. The highest BCUT2D eigenvalue weighted by Crippen LogP contribution is 2.27. The van der Waals surface area contributed by atoms with Gasteiger partial charge in [-0.2, -0.15) is 0 Å². The number of aromatic nitrogens is 2. The molecule has 0 saturated carbocycles. The second-order valence-electron chi connectivity index (χ2n) is 4.59. The van der Waals surface area contributed by atoms with Crippen molar-refractivity contribution >= 4 is 23.2 Å². The van der Waals surface area contributed by atoms with E-state index in [1.54, 1.807) is 24.4 Å². The van der Waals surface area contributed by atoms with Gasteiger partial charge in [-0.05, 0) is 18.2 Å². The lowest BCUT2D eigenvalue weighted by atomic mass is 10.3. The molecule has 0 atom stereocenters. The van der Waals surface area contributed by atoms with Crippen molar-refractivity contribution in [1.29, 1.82) is 0 Å². The van der Waals surface area contributed by atoms with Crippen molar-refractivity contribution in [3.8, 4) is 5.75 Å². The van der Waals surface area contributed by atoms with Gasteiger partial charge >= 0.3 is 0 Å². The number of nitrogens with zero attached hydrogens (tertiary/aromatic N) is 2. The SMILES string of the molecule is COc1ccc(NC(=O)c2cn3c(n2)COCC3)cc1Cl. The molecule has 1 aromatic heterocycles. The molecular weight excluding hydrogens is 294 g/mol. The number of amides is 1. The van der Waals surface area contributed by atoms with Crippen LogP contribution in [-0.4, -0.2) is 29.2 Å². The Labute approximate surface area is 126 Å². The number of methoxy groups -OCH3 is 1. The largest absolute Gasteiger partial charge is 0.495 e. The molecule has 2 heterocycles. The number of hydrogen-bond donors (Lipinski definition) is 1. The topological polar surface area (TPSA) is 65.4 Å². The average Bonchev–Trinajstić information content (AvgIpc) is 2.91. The van der Waals surface area contributed by atoms with Crippen LogP contribution in [0.4, 0.5) is 5.69 Å². The molecule has 2 aromatic rings. The quantitative estimate of drug-likeness (QED) is 0.945. The van der Waals surface area contributed by atoms with Crippen LogP contribution < -0.4 is 10.1 Å². The van der Waals surface area contributed by atoms with Gasteiger partial charge in [0.1, 0.15) is 23.9 Å². The molecule has 0 bridgehead atoms. The summed E-state index contributed by atoms with van der Waals surface area (Å²) in [5, 5.41) is 3.20. The van der Waals surface area contributed by atoms with Crippen molar-refractivity contribution in [2.75, 3.05) is 19.0 Å². The molecule has 21 heavy (non-hydrogen) atoms. The zero-order chi connectivity index (χ0) is 14.8. The van der Waals surface area contributed by atoms with E-state index in [0.29, 0.717) is 41.9 Å². The van der Waals surface area contributed by atoms with E-state index in [9.17, 15) is 4.79 Å². The summed E-state index contributed by atoms with van der Waals surface area (Å²) in [7, 11) is 1.54. The van der Waals surface area contributed by atoms with Crippen LogP contribution in [0.1, 0.15) is 16.3 Å². The lowest BCUT2D eigenvalue weighted by Crippen LogP contribution is -2.15. The second-order valence-corrected chi connectivity index (χ2v) is 5.00. The second kappa shape index (κ2) is 5.75. The van der Waals surface area contributed by atoms with E-state index in [-0.39, 0.29) is 5.91 Å². The first-order valence-electron chi connectivity index (χ1n) is 6.46. The van der Waals surface area contributed by atoms with Gasteiger partial charge in [0.25, 0.3) is 5.91 Å². The first-order valence-corrected chi connectivity index (χ1v) is 6.84. The summed E-state index contributed by atoms with van der Waals surface area (Å²) in [5.41, 5.74) is 0.954. The van der Waals surface area contributed by atoms with Gasteiger partial charge in [0.2, 0.25) is 0 Å². The Morgan fingerprint density at radius 2 is 2.38 bits per heavy atom. The normalized spacial score (nSPS) is 13.6. The lowest BCUT2D eigenvalue weighted by molar-refractivity contribution is 0.0816. The highest BCUT2D eigenvalue weighted by molar-refractivity contribution is 6.32. The Morgan fingerprint density at radius 1 is 1.52 bits per heavy atom. The molecule has 0 spiro atoms. The first kappa shape index (κ1) is 13.9. The lowest BCUT2D eigenvalue weighted by Gasteiger charge is -2.13. The van der Waals surface area contributed by atoms with Gasteiger partial charge in [0, 0.05) is 18.4 Å². The van der Waals surface area contributed by atoms with Crippen molar-refractivity contribution in [2.24, 2.45) is 0 Å². The number of ether oxygens (including phenoxy) is 2. The fourth-order valence-electron chi connectivity index (χ4n) is 2.14. The average molecular weight is 308 g/mol. The number of fused-ring (bicyclic) bond motifs is 1. The Bertz CT molecular complexity index is 661. The van der Waals surface area contributed by atoms with E-state index in [0.717, 1.165) is 5.82 Å². The van der Waals surface area contributed by atoms with Crippen LogP contribution in [0.25, 0.3) is 0 Å². The number of hydrogen-bond acceptors (Lipinski definition) is 4. The van der Waals surface area contributed by atoms with E-state index in [4.69, 9.17) is 21.1 Å². The van der Waals surface area contributed by atoms with Crippen molar-refractivity contribution in [3.63, 3.8) is 0 Å². The van der Waals surface area contributed by atoms with Crippen LogP contribution in [0, 0.1) is 0 Å². The molecule has 1 aromatic carbocycles. The molecule has 110 valence electrons. The van der Waals surface area contributed by atoms with Gasteiger partial charge < -0.3 is 19.4 Å². The summed E-state index contributed by atoms with van der Waals surface area (Å²) in [6.45, 7) is 1.78. The number of carbonyl (C=O) groups excluding carboxylic acids is 1. The van der Waals surface area contributed by atoms with Gasteiger partial charge in [0.15, 0.2) is 0 Å². The molecular formula is C14H14ClN3O3. The third-order valence-electron chi connectivity index (χ3n) is 3.21. The number of rotatable bonds is 3. The molecule has 0 fully saturated rings. The van der Waals surface area contributed by atoms with Crippen molar-refractivity contribution in [3.05, 3.63) is 40.9 Å². The van der Waals surface area contributed by atoms with Crippen LogP contribution in [0.15, 0.2) is 24.4 Å². The zero-order valence-corrected chi connectivity index (χ0v) is 12.2. The summed E-state index contributed by atoms with van der Waals surface area (Å²) < 4.78 is 12.3. The van der Waals surface area contributed by atoms with Gasteiger partial charge in [-0.3, -0.25) is 4.79 Å². The van der Waals surface area contributed by atoms with Crippen LogP contribution in [-0.2, 0) is 17.9 Å². The molecule has 6 nitrogen and oxygen atoms in total. The van der Waals surface area contributed by atoms with E-state index in [1.165, 1.54) is 7.11 Å². The molecule has 0 radical (unpaired) electrons. The van der Waals surface area contributed by atoms with Crippen molar-refractivity contribution < 1.29 is 14.3 Å². The fourth-order valence-corrected chi connectivity index (χ4v) is 2.40. The molecule has 1 amide bonds. The maximum atomic E-state index is 12.2. The monoisotopic (exact) mass is 307 g/mol. The van der Waals surface area contributed by atoms with Crippen LogP contribution in [0.3, 0.4) is 0 Å². The Kier molecular flexibility index (Phi) is 3.81. The third kappa shape index (κ3) is 2.86. The summed E-state index contributed by atoms with van der Waals surface area (Å²) in [6, 6.07) is 5.06. The third-order valence-corrected chi connectivity index (χ3v) is 3.50. The number of anilines is 1. The number of halogens is 1. The number of imidazole rings is 1. The minimum Gasteiger partial charge on any atom is -0.495 e. The minimum atomic E-state index is -0.280. The van der Waals surface area contributed by atoms with Gasteiger partial charge in [-0.25, -0.2) is 4.98 Å². The summed E-state index contributed by atoms with van der Waals surface area (Å²) in [6.07, 6.45) is 1.73. The van der Waals surface area contributed by atoms with E-state index >= 15 is 0 Å². The zero-order valence-electron chi connectivity index (χ0n) is 11.4. The van der Waals surface area contributed by atoms with Crippen LogP contribution >= 0.6 is 11.6 Å². The van der Waals surface area contributed by atoms with Gasteiger partial charge in [0.05, 0.1) is 18.7 Å². The molecule has 1 N–H and O–H groups in total. The fraction of sp³-hybridized carbons (Fsp3) is 0.286. The highest BCUT2D eigenvalue weighted by Gasteiger charge is 2.17. The predicted octanol–water partition coefficient (Wildman–Crippen LogP) is 2.33. The molecule has 1 aliphatic heterocycles. The number of carbonyl (C=O) groups is 1. The Balaban J connectivity index is 1.77. The minimum absolute atomic E-state index is 0.280. The Hall–Kier alpha value is -2.05. The van der Waals surface area contributed by atoms with E-state index in [1.807, 2.05) is 4.57 Å². The van der Waals surface area contributed by atoms with Crippen LogP contribution in [0.2, 0.25) is 5.02 Å². The number of nitrogens with one attached hydrogen (secondary N) is 1. The standard InChI is InChI=1S/C14H14ClN3O3/c1-20-12-3-2-9(6-10(12)15)16-14(19)11-7-18-4-5-21-8-13(18)17-11/h2-3,6-7H,4-5,8H2,1H3,(H,16,19). The summed E-state index contributed by atoms with van der Waals surface area (Å²) in [4.78, 5) is 16.5. The first-order chi connectivity index (χ1) is 10.2. The van der Waals surface area contributed by atoms with Crippen molar-refractivity contribution in [2.45, 2.75) is 13.2 Å².